The summed E-state index contributed by atoms with van der Waals surface area (Å²) in [5.74, 6) is 0.631. The fourth-order valence-electron chi connectivity index (χ4n) is 3.29. The molecule has 146 valence electrons. The second-order valence-electron chi connectivity index (χ2n) is 6.83. The van der Waals surface area contributed by atoms with Gasteiger partial charge in [-0.1, -0.05) is 0 Å². The summed E-state index contributed by atoms with van der Waals surface area (Å²) in [5, 5.41) is 16.3. The zero-order valence-corrected chi connectivity index (χ0v) is 16.1. The molecule has 8 heteroatoms. The summed E-state index contributed by atoms with van der Waals surface area (Å²) in [5.41, 5.74) is 2.57. The van der Waals surface area contributed by atoms with Gasteiger partial charge in [-0.25, -0.2) is 4.98 Å². The SMILES string of the molecule is Cc1ccc(C(=O)NCCn2nccc2C)c(N2CCN(CCO)CC2)n1. The van der Waals surface area contributed by atoms with Crippen LogP contribution in [0.3, 0.4) is 0 Å². The van der Waals surface area contributed by atoms with E-state index in [4.69, 9.17) is 5.11 Å². The van der Waals surface area contributed by atoms with Crippen molar-refractivity contribution in [1.82, 2.24) is 25.0 Å². The van der Waals surface area contributed by atoms with E-state index >= 15 is 0 Å². The van der Waals surface area contributed by atoms with Gasteiger partial charge in [-0.15, -0.1) is 0 Å². The van der Waals surface area contributed by atoms with Crippen LogP contribution in [0.4, 0.5) is 5.82 Å². The van der Waals surface area contributed by atoms with Gasteiger partial charge in [-0.3, -0.25) is 14.4 Å². The van der Waals surface area contributed by atoms with E-state index < -0.39 is 0 Å². The number of rotatable bonds is 7. The number of aromatic nitrogens is 3. The van der Waals surface area contributed by atoms with E-state index in [9.17, 15) is 4.79 Å². The van der Waals surface area contributed by atoms with E-state index in [2.05, 4.69) is 25.2 Å². The first-order valence-electron chi connectivity index (χ1n) is 9.41. The third-order valence-electron chi connectivity index (χ3n) is 4.89. The molecule has 8 nitrogen and oxygen atoms in total. The molecule has 27 heavy (non-hydrogen) atoms. The number of aryl methyl sites for hydroxylation is 2. The molecule has 1 saturated heterocycles. The predicted octanol–water partition coefficient (Wildman–Crippen LogP) is 0.439. The highest BCUT2D eigenvalue weighted by Gasteiger charge is 2.22. The molecule has 1 amide bonds. The quantitative estimate of drug-likeness (QED) is 0.733. The normalized spacial score (nSPS) is 15.1. The third kappa shape index (κ3) is 4.84. The smallest absolute Gasteiger partial charge is 0.255 e. The number of nitrogens with zero attached hydrogens (tertiary/aromatic N) is 5. The lowest BCUT2D eigenvalue weighted by molar-refractivity contribution is 0.0951. The van der Waals surface area contributed by atoms with Crippen LogP contribution in [-0.2, 0) is 6.54 Å². The highest BCUT2D eigenvalue weighted by molar-refractivity contribution is 5.99. The van der Waals surface area contributed by atoms with Gasteiger partial charge in [-0.05, 0) is 32.0 Å². The van der Waals surface area contributed by atoms with E-state index in [1.54, 1.807) is 6.20 Å². The average molecular weight is 372 g/mol. The molecule has 0 aliphatic carbocycles. The number of piperazine rings is 1. The third-order valence-corrected chi connectivity index (χ3v) is 4.89. The fraction of sp³-hybridized carbons (Fsp3) is 0.526. The maximum absolute atomic E-state index is 12.7. The molecular formula is C19H28N6O2. The minimum absolute atomic E-state index is 0.111. The molecule has 2 aromatic heterocycles. The van der Waals surface area contributed by atoms with Crippen LogP contribution in [0.1, 0.15) is 21.7 Å². The Morgan fingerprint density at radius 1 is 1.15 bits per heavy atom. The van der Waals surface area contributed by atoms with Crippen molar-refractivity contribution in [2.75, 3.05) is 50.8 Å². The molecule has 1 aliphatic rings. The number of carbonyl (C=O) groups excluding carboxylic acids is 1. The van der Waals surface area contributed by atoms with Crippen LogP contribution in [0.2, 0.25) is 0 Å². The molecule has 2 aromatic rings. The minimum Gasteiger partial charge on any atom is -0.395 e. The Balaban J connectivity index is 1.64. The predicted molar refractivity (Wildman–Crippen MR) is 104 cm³/mol. The average Bonchev–Trinajstić information content (AvgIpc) is 3.07. The van der Waals surface area contributed by atoms with E-state index in [1.807, 2.05) is 36.7 Å². The highest BCUT2D eigenvalue weighted by Crippen LogP contribution is 2.20. The second-order valence-corrected chi connectivity index (χ2v) is 6.83. The van der Waals surface area contributed by atoms with Crippen molar-refractivity contribution in [3.05, 3.63) is 41.3 Å². The van der Waals surface area contributed by atoms with E-state index in [1.165, 1.54) is 0 Å². The zero-order valence-electron chi connectivity index (χ0n) is 16.1. The first-order chi connectivity index (χ1) is 13.1. The number of carbonyl (C=O) groups is 1. The fourth-order valence-corrected chi connectivity index (χ4v) is 3.29. The zero-order chi connectivity index (χ0) is 19.2. The van der Waals surface area contributed by atoms with Crippen molar-refractivity contribution in [3.8, 4) is 0 Å². The Kier molecular flexibility index (Phi) is 6.41. The summed E-state index contributed by atoms with van der Waals surface area (Å²) in [6, 6.07) is 5.67. The van der Waals surface area contributed by atoms with Crippen molar-refractivity contribution in [2.24, 2.45) is 0 Å². The maximum atomic E-state index is 12.7. The lowest BCUT2D eigenvalue weighted by Gasteiger charge is -2.35. The monoisotopic (exact) mass is 372 g/mol. The number of β-amino-alcohol motifs (C(OH)–C–C–N with tert-alkyl or cyclic N) is 1. The summed E-state index contributed by atoms with van der Waals surface area (Å²) in [6.07, 6.45) is 1.76. The number of hydrogen-bond acceptors (Lipinski definition) is 6. The van der Waals surface area contributed by atoms with Crippen molar-refractivity contribution < 1.29 is 9.90 Å². The summed E-state index contributed by atoms with van der Waals surface area (Å²) in [6.45, 7) is 9.25. The molecule has 0 bridgehead atoms. The topological polar surface area (TPSA) is 86.5 Å². The van der Waals surface area contributed by atoms with Crippen LogP contribution in [0.5, 0.6) is 0 Å². The summed E-state index contributed by atoms with van der Waals surface area (Å²) < 4.78 is 1.87. The van der Waals surface area contributed by atoms with E-state index in [0.717, 1.165) is 43.4 Å². The number of nitrogens with one attached hydrogen (secondary N) is 1. The Morgan fingerprint density at radius 2 is 1.93 bits per heavy atom. The van der Waals surface area contributed by atoms with Gasteiger partial charge in [0.25, 0.3) is 5.91 Å². The summed E-state index contributed by atoms with van der Waals surface area (Å²) in [4.78, 5) is 21.8. The van der Waals surface area contributed by atoms with Gasteiger partial charge in [0.2, 0.25) is 0 Å². The van der Waals surface area contributed by atoms with Crippen LogP contribution in [0.15, 0.2) is 24.4 Å². The molecule has 3 heterocycles. The Bertz CT molecular complexity index is 767. The lowest BCUT2D eigenvalue weighted by atomic mass is 10.2. The number of pyridine rings is 1. The number of hydrogen-bond donors (Lipinski definition) is 2. The van der Waals surface area contributed by atoms with Crippen molar-refractivity contribution >= 4 is 11.7 Å². The number of aliphatic hydroxyl groups is 1. The summed E-state index contributed by atoms with van der Waals surface area (Å²) in [7, 11) is 0. The maximum Gasteiger partial charge on any atom is 0.255 e. The molecular weight excluding hydrogens is 344 g/mol. The van der Waals surface area contributed by atoms with Gasteiger partial charge in [0.15, 0.2) is 0 Å². The number of anilines is 1. The molecule has 0 unspecified atom stereocenters. The molecule has 0 atom stereocenters. The van der Waals surface area contributed by atoms with Crippen LogP contribution >= 0.6 is 0 Å². The molecule has 1 aliphatic heterocycles. The highest BCUT2D eigenvalue weighted by atomic mass is 16.3. The molecule has 0 aromatic carbocycles. The largest absolute Gasteiger partial charge is 0.395 e. The standard InChI is InChI=1S/C19H28N6O2/c1-15-3-4-17(19(27)20-7-8-25-16(2)5-6-21-25)18(22-15)24-11-9-23(10-12-24)13-14-26/h3-6,26H,7-14H2,1-2H3,(H,20,27). The van der Waals surface area contributed by atoms with Gasteiger partial charge >= 0.3 is 0 Å². The molecule has 0 radical (unpaired) electrons. The van der Waals surface area contributed by atoms with Gasteiger partial charge in [0, 0.05) is 56.9 Å². The van der Waals surface area contributed by atoms with Crippen LogP contribution < -0.4 is 10.2 Å². The van der Waals surface area contributed by atoms with Crippen LogP contribution in [0, 0.1) is 13.8 Å². The number of amides is 1. The summed E-state index contributed by atoms with van der Waals surface area (Å²) >= 11 is 0. The molecule has 0 spiro atoms. The van der Waals surface area contributed by atoms with Crippen molar-refractivity contribution in [1.29, 1.82) is 0 Å². The van der Waals surface area contributed by atoms with Gasteiger partial charge in [-0.2, -0.15) is 5.10 Å². The van der Waals surface area contributed by atoms with Gasteiger partial charge < -0.3 is 15.3 Å². The second kappa shape index (κ2) is 8.96. The Labute approximate surface area is 159 Å². The first kappa shape index (κ1) is 19.3. The lowest BCUT2D eigenvalue weighted by Crippen LogP contribution is -2.48. The van der Waals surface area contributed by atoms with Gasteiger partial charge in [0.1, 0.15) is 5.82 Å². The Morgan fingerprint density at radius 3 is 2.59 bits per heavy atom. The van der Waals surface area contributed by atoms with Crippen molar-refractivity contribution in [3.63, 3.8) is 0 Å². The van der Waals surface area contributed by atoms with Crippen LogP contribution in [-0.4, -0.2) is 76.6 Å². The molecule has 1 fully saturated rings. The van der Waals surface area contributed by atoms with E-state index in [0.29, 0.717) is 25.2 Å². The first-order valence-corrected chi connectivity index (χ1v) is 9.41. The Hall–Kier alpha value is -2.45. The minimum atomic E-state index is -0.111. The molecule has 0 saturated carbocycles. The van der Waals surface area contributed by atoms with Gasteiger partial charge in [0.05, 0.1) is 18.7 Å². The van der Waals surface area contributed by atoms with E-state index in [-0.39, 0.29) is 12.5 Å². The van der Waals surface area contributed by atoms with Crippen molar-refractivity contribution in [2.45, 2.75) is 20.4 Å². The molecule has 2 N–H and O–H groups in total. The molecule has 3 rings (SSSR count). The van der Waals surface area contributed by atoms with Crippen LogP contribution in [0.25, 0.3) is 0 Å². The number of aliphatic hydroxyl groups excluding tert-OH is 1.